The maximum absolute atomic E-state index is 12.2. The van der Waals surface area contributed by atoms with Gasteiger partial charge in [-0.1, -0.05) is 25.4 Å². The predicted molar refractivity (Wildman–Crippen MR) is 77.5 cm³/mol. The van der Waals surface area contributed by atoms with Crippen molar-refractivity contribution in [2.24, 2.45) is 13.0 Å². The van der Waals surface area contributed by atoms with Crippen molar-refractivity contribution in [3.63, 3.8) is 0 Å². The Morgan fingerprint density at radius 2 is 2.10 bits per heavy atom. The molecule has 0 bridgehead atoms. The highest BCUT2D eigenvalue weighted by atomic mass is 35.5. The second kappa shape index (κ2) is 6.05. The summed E-state index contributed by atoms with van der Waals surface area (Å²) >= 11 is 5.77. The van der Waals surface area contributed by atoms with Crippen LogP contribution in [0.4, 0.5) is 0 Å². The lowest BCUT2D eigenvalue weighted by Crippen LogP contribution is -2.33. The Hall–Kier alpha value is -1.88. The number of aryl methyl sites for hydroxylation is 1. The molecule has 0 aromatic carbocycles. The number of nitrogens with zero attached hydrogens (tertiary/aromatic N) is 3. The number of rotatable bonds is 4. The van der Waals surface area contributed by atoms with E-state index in [2.05, 4.69) is 15.3 Å². The Kier molecular flexibility index (Phi) is 4.39. The van der Waals surface area contributed by atoms with Crippen LogP contribution in [0.25, 0.3) is 0 Å². The van der Waals surface area contributed by atoms with Crippen molar-refractivity contribution in [2.45, 2.75) is 19.9 Å². The second-order valence-corrected chi connectivity index (χ2v) is 5.39. The minimum Gasteiger partial charge on any atom is -0.340 e. The van der Waals surface area contributed by atoms with Gasteiger partial charge in [0.15, 0.2) is 0 Å². The summed E-state index contributed by atoms with van der Waals surface area (Å²) in [6.45, 7) is 4.07. The molecule has 0 unspecified atom stereocenters. The van der Waals surface area contributed by atoms with Crippen molar-refractivity contribution in [1.29, 1.82) is 0 Å². The first-order chi connectivity index (χ1) is 9.49. The fourth-order valence-corrected chi connectivity index (χ4v) is 2.04. The third-order valence-corrected chi connectivity index (χ3v) is 3.27. The fraction of sp³-hybridized carbons (Fsp3) is 0.357. The first-order valence-corrected chi connectivity index (χ1v) is 6.76. The van der Waals surface area contributed by atoms with E-state index in [4.69, 9.17) is 11.6 Å². The van der Waals surface area contributed by atoms with Crippen LogP contribution >= 0.6 is 11.6 Å². The van der Waals surface area contributed by atoms with E-state index in [0.717, 1.165) is 5.82 Å². The van der Waals surface area contributed by atoms with Crippen LogP contribution in [-0.4, -0.2) is 20.4 Å². The van der Waals surface area contributed by atoms with Crippen molar-refractivity contribution in [2.75, 3.05) is 0 Å². The molecule has 0 aliphatic carbocycles. The van der Waals surface area contributed by atoms with E-state index in [1.807, 2.05) is 31.7 Å². The third kappa shape index (κ3) is 3.17. The van der Waals surface area contributed by atoms with Gasteiger partial charge in [-0.15, -0.1) is 0 Å². The van der Waals surface area contributed by atoms with E-state index in [1.165, 1.54) is 6.20 Å². The normalized spacial score (nSPS) is 12.4. The van der Waals surface area contributed by atoms with Gasteiger partial charge in [0.2, 0.25) is 0 Å². The predicted octanol–water partition coefficient (Wildman–Crippen LogP) is 2.60. The zero-order chi connectivity index (χ0) is 14.7. The van der Waals surface area contributed by atoms with Crippen LogP contribution in [0.1, 0.15) is 36.2 Å². The molecule has 2 aromatic heterocycles. The third-order valence-electron chi connectivity index (χ3n) is 3.05. The molecule has 20 heavy (non-hydrogen) atoms. The first-order valence-electron chi connectivity index (χ1n) is 6.38. The molecule has 0 saturated carbocycles. The molecular weight excluding hydrogens is 276 g/mol. The topological polar surface area (TPSA) is 59.8 Å². The zero-order valence-corrected chi connectivity index (χ0v) is 12.4. The van der Waals surface area contributed by atoms with Crippen molar-refractivity contribution in [1.82, 2.24) is 19.9 Å². The highest BCUT2D eigenvalue weighted by Crippen LogP contribution is 2.20. The van der Waals surface area contributed by atoms with Gasteiger partial charge < -0.3 is 9.88 Å². The lowest BCUT2D eigenvalue weighted by molar-refractivity contribution is 0.0917. The van der Waals surface area contributed by atoms with Gasteiger partial charge in [-0.05, 0) is 18.1 Å². The molecule has 0 aliphatic heterocycles. The first kappa shape index (κ1) is 14.5. The molecule has 1 atom stereocenters. The summed E-state index contributed by atoms with van der Waals surface area (Å²) in [5.41, 5.74) is 0.342. The van der Waals surface area contributed by atoms with E-state index in [-0.39, 0.29) is 17.9 Å². The Morgan fingerprint density at radius 3 is 2.60 bits per heavy atom. The van der Waals surface area contributed by atoms with E-state index >= 15 is 0 Å². The minimum atomic E-state index is -0.233. The molecule has 0 radical (unpaired) electrons. The maximum atomic E-state index is 12.2. The largest absolute Gasteiger partial charge is 0.340 e. The maximum Gasteiger partial charge on any atom is 0.270 e. The molecule has 5 nitrogen and oxygen atoms in total. The summed E-state index contributed by atoms with van der Waals surface area (Å²) in [5, 5.41) is 3.47. The number of nitrogens with one attached hydrogen (secondary N) is 1. The van der Waals surface area contributed by atoms with Crippen LogP contribution in [0.15, 0.2) is 30.7 Å². The average Bonchev–Trinajstić information content (AvgIpc) is 2.82. The van der Waals surface area contributed by atoms with Gasteiger partial charge in [0, 0.05) is 25.6 Å². The lowest BCUT2D eigenvalue weighted by Gasteiger charge is -2.21. The highest BCUT2D eigenvalue weighted by Gasteiger charge is 2.22. The summed E-state index contributed by atoms with van der Waals surface area (Å²) in [4.78, 5) is 20.6. The fourth-order valence-electron chi connectivity index (χ4n) is 1.93. The van der Waals surface area contributed by atoms with E-state index < -0.39 is 0 Å². The van der Waals surface area contributed by atoms with E-state index in [9.17, 15) is 4.79 Å². The Labute approximate surface area is 123 Å². The molecule has 0 saturated heterocycles. The Morgan fingerprint density at radius 1 is 1.35 bits per heavy atom. The molecule has 0 spiro atoms. The van der Waals surface area contributed by atoms with Gasteiger partial charge >= 0.3 is 0 Å². The number of aromatic nitrogens is 3. The van der Waals surface area contributed by atoms with Gasteiger partial charge in [-0.25, -0.2) is 9.97 Å². The second-order valence-electron chi connectivity index (χ2n) is 4.95. The number of halogens is 1. The summed E-state index contributed by atoms with van der Waals surface area (Å²) in [5.74, 6) is 0.804. The van der Waals surface area contributed by atoms with Crippen LogP contribution in [-0.2, 0) is 7.05 Å². The van der Waals surface area contributed by atoms with Crippen molar-refractivity contribution in [3.05, 3.63) is 47.3 Å². The molecule has 106 valence electrons. The number of amides is 1. The summed E-state index contributed by atoms with van der Waals surface area (Å²) < 4.78 is 1.90. The van der Waals surface area contributed by atoms with Crippen molar-refractivity contribution in [3.8, 4) is 0 Å². The highest BCUT2D eigenvalue weighted by molar-refractivity contribution is 6.30. The quantitative estimate of drug-likeness (QED) is 0.942. The monoisotopic (exact) mass is 292 g/mol. The molecule has 6 heteroatoms. The molecule has 2 rings (SSSR count). The van der Waals surface area contributed by atoms with E-state index in [1.54, 1.807) is 18.3 Å². The summed E-state index contributed by atoms with van der Waals surface area (Å²) in [7, 11) is 1.91. The molecule has 0 aliphatic rings. The van der Waals surface area contributed by atoms with Gasteiger partial charge in [0.25, 0.3) is 5.91 Å². The molecule has 0 fully saturated rings. The SMILES string of the molecule is CC(C)[C@H](NC(=O)c1ccc(Cl)cn1)c1nccn1C. The summed E-state index contributed by atoms with van der Waals surface area (Å²) in [6.07, 6.45) is 5.04. The van der Waals surface area contributed by atoms with Gasteiger partial charge in [0.1, 0.15) is 11.5 Å². The van der Waals surface area contributed by atoms with Gasteiger partial charge in [-0.2, -0.15) is 0 Å². The smallest absolute Gasteiger partial charge is 0.270 e. The van der Waals surface area contributed by atoms with Crippen LogP contribution in [0.5, 0.6) is 0 Å². The van der Waals surface area contributed by atoms with Crippen LogP contribution in [0.3, 0.4) is 0 Å². The minimum absolute atomic E-state index is 0.167. The van der Waals surface area contributed by atoms with Crippen molar-refractivity contribution >= 4 is 17.5 Å². The number of pyridine rings is 1. The number of carbonyl (C=O) groups is 1. The summed E-state index contributed by atoms with van der Waals surface area (Å²) in [6, 6.07) is 3.09. The number of hydrogen-bond acceptors (Lipinski definition) is 3. The van der Waals surface area contributed by atoms with Gasteiger partial charge in [0.05, 0.1) is 11.1 Å². The molecule has 2 aromatic rings. The van der Waals surface area contributed by atoms with Crippen LogP contribution < -0.4 is 5.32 Å². The van der Waals surface area contributed by atoms with Crippen LogP contribution in [0.2, 0.25) is 5.02 Å². The number of imidazole rings is 1. The standard InChI is InChI=1S/C14H17ClN4O/c1-9(2)12(13-16-6-7-19(13)3)18-14(20)11-5-4-10(15)8-17-11/h4-9,12H,1-3H3,(H,18,20)/t12-/m0/s1. The average molecular weight is 293 g/mol. The van der Waals surface area contributed by atoms with Gasteiger partial charge in [-0.3, -0.25) is 4.79 Å². The molecule has 2 heterocycles. The van der Waals surface area contributed by atoms with E-state index in [0.29, 0.717) is 10.7 Å². The molecule has 1 amide bonds. The molecule has 1 N–H and O–H groups in total. The number of hydrogen-bond donors (Lipinski definition) is 1. The Bertz CT molecular complexity index is 591. The Balaban J connectivity index is 2.19. The molecular formula is C14H17ClN4O. The zero-order valence-electron chi connectivity index (χ0n) is 11.7. The number of carbonyl (C=O) groups excluding carboxylic acids is 1. The van der Waals surface area contributed by atoms with Crippen LogP contribution in [0, 0.1) is 5.92 Å². The lowest BCUT2D eigenvalue weighted by atomic mass is 10.0. The van der Waals surface area contributed by atoms with Crippen molar-refractivity contribution < 1.29 is 4.79 Å².